The number of anilines is 1. The summed E-state index contributed by atoms with van der Waals surface area (Å²) in [7, 11) is 0. The Kier molecular flexibility index (Phi) is 4.76. The molecule has 0 bridgehead atoms. The Morgan fingerprint density at radius 2 is 2.11 bits per heavy atom. The zero-order chi connectivity index (χ0) is 12.2. The van der Waals surface area contributed by atoms with Crippen LogP contribution in [0.2, 0.25) is 0 Å². The number of aromatic nitrogens is 2. The highest BCUT2D eigenvalue weighted by Crippen LogP contribution is 2.26. The molecule has 1 fully saturated rings. The average Bonchev–Trinajstić information content (AvgIpc) is 3.08. The Balaban J connectivity index is 0.00000133. The van der Waals surface area contributed by atoms with E-state index in [0.29, 0.717) is 18.3 Å². The van der Waals surface area contributed by atoms with Crippen molar-refractivity contribution in [1.82, 2.24) is 10.1 Å². The van der Waals surface area contributed by atoms with Crippen LogP contribution in [0, 0.1) is 0 Å². The van der Waals surface area contributed by atoms with Crippen molar-refractivity contribution in [3.8, 4) is 0 Å². The van der Waals surface area contributed by atoms with Crippen LogP contribution in [0.15, 0.2) is 34.9 Å². The van der Waals surface area contributed by atoms with Crippen molar-refractivity contribution < 1.29 is 9.26 Å². The van der Waals surface area contributed by atoms with Gasteiger partial charge in [0.2, 0.25) is 11.7 Å². The molecule has 1 unspecified atom stereocenters. The zero-order valence-corrected chi connectivity index (χ0v) is 11.2. The minimum Gasteiger partial charge on any atom is -0.376 e. The van der Waals surface area contributed by atoms with Gasteiger partial charge in [-0.15, -0.1) is 12.4 Å². The maximum absolute atomic E-state index is 5.51. The second kappa shape index (κ2) is 6.54. The molecule has 19 heavy (non-hydrogen) atoms. The maximum Gasteiger partial charge on any atom is 0.246 e. The number of nitrogens with one attached hydrogen (secondary N) is 1. The number of halogens is 1. The number of rotatable bonds is 4. The van der Waals surface area contributed by atoms with Crippen LogP contribution in [0.3, 0.4) is 0 Å². The van der Waals surface area contributed by atoms with Crippen molar-refractivity contribution >= 4 is 18.1 Å². The number of nitrogens with zero attached hydrogens (tertiary/aromatic N) is 2. The van der Waals surface area contributed by atoms with Gasteiger partial charge in [-0.2, -0.15) is 4.98 Å². The van der Waals surface area contributed by atoms with E-state index in [1.807, 2.05) is 30.3 Å². The fraction of sp³-hybridized carbons (Fsp3) is 0.385. The van der Waals surface area contributed by atoms with E-state index in [2.05, 4.69) is 15.5 Å². The third-order valence-electron chi connectivity index (χ3n) is 2.92. The number of hydrogen-bond acceptors (Lipinski definition) is 5. The number of benzene rings is 1. The third kappa shape index (κ3) is 3.45. The van der Waals surface area contributed by atoms with Gasteiger partial charge in [-0.25, -0.2) is 0 Å². The van der Waals surface area contributed by atoms with Crippen LogP contribution < -0.4 is 5.32 Å². The highest BCUT2D eigenvalue weighted by atomic mass is 35.5. The van der Waals surface area contributed by atoms with E-state index in [9.17, 15) is 0 Å². The molecule has 1 aromatic heterocycles. The molecule has 0 saturated carbocycles. The first-order valence-corrected chi connectivity index (χ1v) is 6.15. The Bertz CT molecular complexity index is 498. The lowest BCUT2D eigenvalue weighted by atomic mass is 10.2. The molecule has 5 nitrogen and oxygen atoms in total. The lowest BCUT2D eigenvalue weighted by Crippen LogP contribution is -2.01. The van der Waals surface area contributed by atoms with E-state index in [1.165, 1.54) is 0 Å². The molecule has 3 rings (SSSR count). The highest BCUT2D eigenvalue weighted by molar-refractivity contribution is 5.85. The summed E-state index contributed by atoms with van der Waals surface area (Å²) < 4.78 is 10.7. The Morgan fingerprint density at radius 3 is 2.84 bits per heavy atom. The number of ether oxygens (including phenoxy) is 1. The molecule has 0 aliphatic carbocycles. The molecule has 2 aromatic rings. The zero-order valence-electron chi connectivity index (χ0n) is 10.4. The van der Waals surface area contributed by atoms with Gasteiger partial charge in [-0.05, 0) is 25.0 Å². The van der Waals surface area contributed by atoms with Crippen LogP contribution >= 0.6 is 12.4 Å². The molecule has 102 valence electrons. The summed E-state index contributed by atoms with van der Waals surface area (Å²) in [4.78, 5) is 4.34. The summed E-state index contributed by atoms with van der Waals surface area (Å²) in [6, 6.07) is 9.93. The van der Waals surface area contributed by atoms with Crippen LogP contribution in [0.25, 0.3) is 0 Å². The Morgan fingerprint density at radius 1 is 1.26 bits per heavy atom. The smallest absolute Gasteiger partial charge is 0.246 e. The van der Waals surface area contributed by atoms with Crippen LogP contribution in [0.4, 0.5) is 5.69 Å². The fourth-order valence-corrected chi connectivity index (χ4v) is 1.99. The predicted molar refractivity (Wildman–Crippen MR) is 73.2 cm³/mol. The van der Waals surface area contributed by atoms with Crippen molar-refractivity contribution in [2.75, 3.05) is 11.9 Å². The molecule has 1 aliphatic heterocycles. The van der Waals surface area contributed by atoms with Crippen molar-refractivity contribution in [2.24, 2.45) is 0 Å². The van der Waals surface area contributed by atoms with E-state index >= 15 is 0 Å². The van der Waals surface area contributed by atoms with Gasteiger partial charge in [-0.3, -0.25) is 0 Å². The number of hydrogen-bond donors (Lipinski definition) is 1. The van der Waals surface area contributed by atoms with Gasteiger partial charge in [-0.1, -0.05) is 23.4 Å². The third-order valence-corrected chi connectivity index (χ3v) is 2.92. The molecule has 0 radical (unpaired) electrons. The van der Waals surface area contributed by atoms with Crippen LogP contribution in [0.1, 0.15) is 30.7 Å². The van der Waals surface area contributed by atoms with Gasteiger partial charge in [0, 0.05) is 12.3 Å². The largest absolute Gasteiger partial charge is 0.376 e. The molecule has 0 spiro atoms. The van der Waals surface area contributed by atoms with Gasteiger partial charge in [0.25, 0.3) is 0 Å². The summed E-state index contributed by atoms with van der Waals surface area (Å²) in [5.74, 6) is 1.25. The van der Waals surface area contributed by atoms with Crippen LogP contribution in [-0.2, 0) is 11.3 Å². The normalized spacial score (nSPS) is 18.0. The Labute approximate surface area is 117 Å². The van der Waals surface area contributed by atoms with E-state index in [-0.39, 0.29) is 18.5 Å². The van der Waals surface area contributed by atoms with Gasteiger partial charge in [0.1, 0.15) is 6.10 Å². The van der Waals surface area contributed by atoms with Crippen LogP contribution in [-0.4, -0.2) is 16.7 Å². The summed E-state index contributed by atoms with van der Waals surface area (Å²) in [5, 5.41) is 7.19. The topological polar surface area (TPSA) is 60.2 Å². The van der Waals surface area contributed by atoms with Gasteiger partial charge < -0.3 is 14.6 Å². The predicted octanol–water partition coefficient (Wildman–Crippen LogP) is 2.96. The molecule has 1 N–H and O–H groups in total. The van der Waals surface area contributed by atoms with Crippen LogP contribution in [0.5, 0.6) is 0 Å². The molecular weight excluding hydrogens is 266 g/mol. The van der Waals surface area contributed by atoms with E-state index in [0.717, 1.165) is 25.1 Å². The SMILES string of the molecule is Cl.c1ccc(NCc2nc(C3CCCO3)no2)cc1. The summed E-state index contributed by atoms with van der Waals surface area (Å²) in [6.45, 7) is 1.32. The van der Waals surface area contributed by atoms with Gasteiger partial charge in [0.15, 0.2) is 0 Å². The first kappa shape index (κ1) is 13.8. The van der Waals surface area contributed by atoms with Gasteiger partial charge in [0.05, 0.1) is 6.54 Å². The van der Waals surface area contributed by atoms with Gasteiger partial charge >= 0.3 is 0 Å². The van der Waals surface area contributed by atoms with E-state index in [4.69, 9.17) is 9.26 Å². The Hall–Kier alpha value is -1.59. The molecular formula is C13H16ClN3O2. The molecule has 1 aliphatic rings. The first-order valence-electron chi connectivity index (χ1n) is 6.15. The van der Waals surface area contributed by atoms with E-state index in [1.54, 1.807) is 0 Å². The number of para-hydroxylation sites is 1. The molecule has 1 saturated heterocycles. The fourth-order valence-electron chi connectivity index (χ4n) is 1.99. The molecule has 1 atom stereocenters. The second-order valence-corrected chi connectivity index (χ2v) is 4.27. The summed E-state index contributed by atoms with van der Waals surface area (Å²) >= 11 is 0. The average molecular weight is 282 g/mol. The lowest BCUT2D eigenvalue weighted by Gasteiger charge is -2.02. The lowest BCUT2D eigenvalue weighted by molar-refractivity contribution is 0.103. The molecule has 6 heteroatoms. The first-order chi connectivity index (χ1) is 8.92. The highest BCUT2D eigenvalue weighted by Gasteiger charge is 2.22. The maximum atomic E-state index is 5.51. The minimum absolute atomic E-state index is 0. The van der Waals surface area contributed by atoms with Crippen molar-refractivity contribution in [3.63, 3.8) is 0 Å². The standard InChI is InChI=1S/C13H15N3O2.ClH/c1-2-5-10(6-3-1)14-9-12-15-13(16-18-12)11-7-4-8-17-11;/h1-3,5-6,11,14H,4,7-9H2;1H. The summed E-state index contributed by atoms with van der Waals surface area (Å²) in [6.07, 6.45) is 2.06. The van der Waals surface area contributed by atoms with Crippen molar-refractivity contribution in [2.45, 2.75) is 25.5 Å². The molecule has 2 heterocycles. The minimum atomic E-state index is 0. The van der Waals surface area contributed by atoms with Crippen molar-refractivity contribution in [3.05, 3.63) is 42.0 Å². The van der Waals surface area contributed by atoms with Crippen molar-refractivity contribution in [1.29, 1.82) is 0 Å². The van der Waals surface area contributed by atoms with E-state index < -0.39 is 0 Å². The summed E-state index contributed by atoms with van der Waals surface area (Å²) in [5.41, 5.74) is 1.04. The monoisotopic (exact) mass is 281 g/mol. The quantitative estimate of drug-likeness (QED) is 0.934. The second-order valence-electron chi connectivity index (χ2n) is 4.27. The molecule has 1 aromatic carbocycles. The molecule has 0 amide bonds.